The number of nitrogens with zero attached hydrogens (tertiary/aromatic N) is 1. The molecule has 1 nitrogen and oxygen atoms in total. The number of benzene rings is 2. The van der Waals surface area contributed by atoms with Crippen LogP contribution in [0.5, 0.6) is 0 Å². The molecule has 0 amide bonds. The second-order valence-electron chi connectivity index (χ2n) is 4.26. The first kappa shape index (κ1) is 13.6. The summed E-state index contributed by atoms with van der Waals surface area (Å²) in [6, 6.07) is 17.0. The molecule has 94 valence electrons. The molecule has 0 aliphatic rings. The van der Waals surface area contributed by atoms with Gasteiger partial charge in [0.15, 0.2) is 0 Å². The van der Waals surface area contributed by atoms with E-state index in [1.165, 1.54) is 16.8 Å². The van der Waals surface area contributed by atoms with Crippen molar-refractivity contribution < 1.29 is 0 Å². The molecule has 3 heteroatoms. The van der Waals surface area contributed by atoms with Gasteiger partial charge in [-0.05, 0) is 39.2 Å². The first-order valence-electron chi connectivity index (χ1n) is 5.80. The molecule has 18 heavy (non-hydrogen) atoms. The third kappa shape index (κ3) is 3.36. The summed E-state index contributed by atoms with van der Waals surface area (Å²) in [5.41, 5.74) is 3.80. The van der Waals surface area contributed by atoms with Crippen LogP contribution in [-0.4, -0.2) is 7.05 Å². The number of anilines is 1. The fourth-order valence-electron chi connectivity index (χ4n) is 1.89. The zero-order chi connectivity index (χ0) is 13.0. The van der Waals surface area contributed by atoms with Crippen LogP contribution in [0.15, 0.2) is 53.0 Å². The van der Waals surface area contributed by atoms with Gasteiger partial charge in [0.05, 0.1) is 5.69 Å². The molecule has 0 saturated heterocycles. The van der Waals surface area contributed by atoms with E-state index in [0.717, 1.165) is 16.3 Å². The predicted octanol–water partition coefficient (Wildman–Crippen LogP) is 4.98. The second kappa shape index (κ2) is 6.39. The Labute approximate surface area is 125 Å². The molecule has 0 bridgehead atoms. The van der Waals surface area contributed by atoms with Gasteiger partial charge < -0.3 is 4.90 Å². The lowest BCUT2D eigenvalue weighted by Gasteiger charge is -2.21. The largest absolute Gasteiger partial charge is 0.369 e. The zero-order valence-electron chi connectivity index (χ0n) is 10.2. The van der Waals surface area contributed by atoms with Gasteiger partial charge in [-0.1, -0.05) is 52.3 Å². The molecule has 2 aromatic carbocycles. The third-order valence-corrected chi connectivity index (χ3v) is 4.12. The summed E-state index contributed by atoms with van der Waals surface area (Å²) in [6.07, 6.45) is 0. The second-order valence-corrected chi connectivity index (χ2v) is 5.68. The molecule has 2 rings (SSSR count). The Balaban J connectivity index is 2.16. The monoisotopic (exact) mass is 367 g/mol. The maximum Gasteiger partial charge on any atom is 0.0511 e. The Morgan fingerprint density at radius 1 is 1.00 bits per heavy atom. The highest BCUT2D eigenvalue weighted by atomic mass is 79.9. The molecule has 2 aromatic rings. The van der Waals surface area contributed by atoms with Crippen LogP contribution in [0.4, 0.5) is 5.69 Å². The highest BCUT2D eigenvalue weighted by molar-refractivity contribution is 9.10. The molecule has 0 spiro atoms. The van der Waals surface area contributed by atoms with Gasteiger partial charge in [0.25, 0.3) is 0 Å². The molecule has 0 aromatic heterocycles. The van der Waals surface area contributed by atoms with E-state index in [2.05, 4.69) is 86.3 Å². The van der Waals surface area contributed by atoms with Crippen molar-refractivity contribution in [1.82, 2.24) is 0 Å². The van der Waals surface area contributed by atoms with E-state index in [0.29, 0.717) is 0 Å². The summed E-state index contributed by atoms with van der Waals surface area (Å²) in [7, 11) is 2.11. The van der Waals surface area contributed by atoms with Crippen molar-refractivity contribution in [1.29, 1.82) is 0 Å². The van der Waals surface area contributed by atoms with E-state index in [9.17, 15) is 0 Å². The van der Waals surface area contributed by atoms with E-state index in [-0.39, 0.29) is 0 Å². The van der Waals surface area contributed by atoms with Gasteiger partial charge in [-0.25, -0.2) is 0 Å². The summed E-state index contributed by atoms with van der Waals surface area (Å²) in [4.78, 5) is 2.25. The minimum absolute atomic E-state index is 0.883. The number of rotatable bonds is 4. The number of halogens is 2. The number of alkyl halides is 1. The maximum atomic E-state index is 3.64. The molecular weight excluding hydrogens is 354 g/mol. The molecule has 0 atom stereocenters. The van der Waals surface area contributed by atoms with Gasteiger partial charge in [0, 0.05) is 23.4 Å². The first-order valence-corrected chi connectivity index (χ1v) is 7.71. The Morgan fingerprint density at radius 3 is 2.33 bits per heavy atom. The van der Waals surface area contributed by atoms with E-state index < -0.39 is 0 Å². The molecule has 0 fully saturated rings. The normalized spacial score (nSPS) is 10.4. The fraction of sp³-hybridized carbons (Fsp3) is 0.200. The molecular formula is C15H15Br2N. The summed E-state index contributed by atoms with van der Waals surface area (Å²) in [5.74, 6) is 0. The number of hydrogen-bond acceptors (Lipinski definition) is 1. The lowest BCUT2D eigenvalue weighted by molar-refractivity contribution is 0.919. The van der Waals surface area contributed by atoms with Gasteiger partial charge >= 0.3 is 0 Å². The van der Waals surface area contributed by atoms with Gasteiger partial charge in [-0.15, -0.1) is 0 Å². The van der Waals surface area contributed by atoms with Crippen molar-refractivity contribution in [3.63, 3.8) is 0 Å². The van der Waals surface area contributed by atoms with E-state index in [1.54, 1.807) is 0 Å². The standard InChI is InChI=1S/C15H15Br2N/c1-18(11-12-5-3-2-4-6-12)15-8-7-13(10-16)9-14(15)17/h2-9H,10-11H2,1H3. The summed E-state index contributed by atoms with van der Waals surface area (Å²) < 4.78 is 1.14. The molecule has 0 saturated carbocycles. The van der Waals surface area contributed by atoms with E-state index in [4.69, 9.17) is 0 Å². The molecule has 0 radical (unpaired) electrons. The van der Waals surface area contributed by atoms with Crippen molar-refractivity contribution in [2.75, 3.05) is 11.9 Å². The minimum Gasteiger partial charge on any atom is -0.369 e. The highest BCUT2D eigenvalue weighted by Gasteiger charge is 2.06. The quantitative estimate of drug-likeness (QED) is 0.688. The lowest BCUT2D eigenvalue weighted by atomic mass is 10.2. The fourth-order valence-corrected chi connectivity index (χ4v) is 2.96. The lowest BCUT2D eigenvalue weighted by Crippen LogP contribution is -2.16. The van der Waals surface area contributed by atoms with Gasteiger partial charge in [0.2, 0.25) is 0 Å². The Morgan fingerprint density at radius 2 is 1.72 bits per heavy atom. The van der Waals surface area contributed by atoms with Crippen molar-refractivity contribution in [3.8, 4) is 0 Å². The van der Waals surface area contributed by atoms with Gasteiger partial charge in [0.1, 0.15) is 0 Å². The summed E-state index contributed by atoms with van der Waals surface area (Å²) >= 11 is 7.11. The number of hydrogen-bond donors (Lipinski definition) is 0. The topological polar surface area (TPSA) is 3.24 Å². The van der Waals surface area contributed by atoms with Crippen molar-refractivity contribution in [3.05, 3.63) is 64.1 Å². The Hall–Kier alpha value is -0.800. The van der Waals surface area contributed by atoms with Crippen LogP contribution in [0.1, 0.15) is 11.1 Å². The van der Waals surface area contributed by atoms with Crippen molar-refractivity contribution in [2.45, 2.75) is 11.9 Å². The van der Waals surface area contributed by atoms with Crippen molar-refractivity contribution >= 4 is 37.5 Å². The van der Waals surface area contributed by atoms with Crippen LogP contribution in [0.3, 0.4) is 0 Å². The third-order valence-electron chi connectivity index (χ3n) is 2.84. The van der Waals surface area contributed by atoms with Crippen LogP contribution >= 0.6 is 31.9 Å². The van der Waals surface area contributed by atoms with E-state index >= 15 is 0 Å². The Bertz CT molecular complexity index is 511. The van der Waals surface area contributed by atoms with Crippen LogP contribution in [0, 0.1) is 0 Å². The van der Waals surface area contributed by atoms with E-state index in [1.807, 2.05) is 6.07 Å². The van der Waals surface area contributed by atoms with Crippen LogP contribution in [0.2, 0.25) is 0 Å². The Kier molecular flexibility index (Phi) is 4.84. The maximum absolute atomic E-state index is 3.64. The minimum atomic E-state index is 0.883. The highest BCUT2D eigenvalue weighted by Crippen LogP contribution is 2.28. The summed E-state index contributed by atoms with van der Waals surface area (Å²) in [6.45, 7) is 0.910. The summed E-state index contributed by atoms with van der Waals surface area (Å²) in [5, 5.41) is 0.883. The van der Waals surface area contributed by atoms with Crippen LogP contribution < -0.4 is 4.90 Å². The molecule has 0 heterocycles. The van der Waals surface area contributed by atoms with Crippen LogP contribution in [-0.2, 0) is 11.9 Å². The van der Waals surface area contributed by atoms with Crippen molar-refractivity contribution in [2.24, 2.45) is 0 Å². The predicted molar refractivity (Wildman–Crippen MR) is 85.3 cm³/mol. The van der Waals surface area contributed by atoms with Gasteiger partial charge in [-0.2, -0.15) is 0 Å². The van der Waals surface area contributed by atoms with Gasteiger partial charge in [-0.3, -0.25) is 0 Å². The smallest absolute Gasteiger partial charge is 0.0511 e. The molecule has 0 unspecified atom stereocenters. The molecule has 0 aliphatic carbocycles. The average molecular weight is 369 g/mol. The zero-order valence-corrected chi connectivity index (χ0v) is 13.4. The SMILES string of the molecule is CN(Cc1ccccc1)c1ccc(CBr)cc1Br. The molecule has 0 aliphatic heterocycles. The average Bonchev–Trinajstić information content (AvgIpc) is 2.39. The molecule has 0 N–H and O–H groups in total. The van der Waals surface area contributed by atoms with Crippen LogP contribution in [0.25, 0.3) is 0 Å². The first-order chi connectivity index (χ1) is 8.70.